The fraction of sp³-hybridized carbons (Fsp3) is 0.474. The molecule has 0 spiro atoms. The van der Waals surface area contributed by atoms with Gasteiger partial charge in [0.1, 0.15) is 5.76 Å². The number of rotatable bonds is 4. The second-order valence-corrected chi connectivity index (χ2v) is 6.73. The molecule has 0 amide bonds. The number of hydrogen-bond donors (Lipinski definition) is 1. The van der Waals surface area contributed by atoms with Gasteiger partial charge in [0, 0.05) is 12.1 Å². The lowest BCUT2D eigenvalue weighted by atomic mass is 9.97. The molecule has 1 N–H and O–H groups in total. The summed E-state index contributed by atoms with van der Waals surface area (Å²) in [6.45, 7) is 8.39. The van der Waals surface area contributed by atoms with Crippen LogP contribution >= 0.6 is 0 Å². The summed E-state index contributed by atoms with van der Waals surface area (Å²) < 4.78 is 5.89. The summed E-state index contributed by atoms with van der Waals surface area (Å²) in [5, 5.41) is 9.09. The summed E-state index contributed by atoms with van der Waals surface area (Å²) in [6.07, 6.45) is 1.41. The summed E-state index contributed by atoms with van der Waals surface area (Å²) in [4.78, 5) is 18.0. The van der Waals surface area contributed by atoms with E-state index in [2.05, 4.69) is 36.9 Å². The number of piperidine rings is 1. The van der Waals surface area contributed by atoms with E-state index in [1.165, 1.54) is 5.56 Å². The van der Waals surface area contributed by atoms with Crippen molar-refractivity contribution >= 4 is 5.97 Å². The molecule has 1 fully saturated rings. The molecule has 24 heavy (non-hydrogen) atoms. The molecule has 0 atom stereocenters. The number of oxazole rings is 1. The quantitative estimate of drug-likeness (QED) is 0.929. The van der Waals surface area contributed by atoms with Gasteiger partial charge in [-0.2, -0.15) is 0 Å². The molecule has 3 rings (SSSR count). The van der Waals surface area contributed by atoms with Gasteiger partial charge in [0.2, 0.25) is 5.89 Å². The Kier molecular flexibility index (Phi) is 4.71. The summed E-state index contributed by atoms with van der Waals surface area (Å²) in [5.41, 5.74) is 4.35. The molecule has 2 aromatic rings. The molecule has 5 nitrogen and oxygen atoms in total. The Morgan fingerprint density at radius 2 is 2.00 bits per heavy atom. The molecular formula is C19H24N2O3. The maximum absolute atomic E-state index is 11.0. The van der Waals surface area contributed by atoms with E-state index in [0.717, 1.165) is 35.7 Å². The number of likely N-dealkylation sites (tertiary alicyclic amines) is 1. The minimum absolute atomic E-state index is 0.203. The molecule has 0 aliphatic carbocycles. The third-order valence-corrected chi connectivity index (χ3v) is 4.82. The topological polar surface area (TPSA) is 66.6 Å². The zero-order chi connectivity index (χ0) is 17.3. The van der Waals surface area contributed by atoms with E-state index in [1.54, 1.807) is 0 Å². The van der Waals surface area contributed by atoms with Gasteiger partial charge < -0.3 is 9.52 Å². The second-order valence-electron chi connectivity index (χ2n) is 6.73. The van der Waals surface area contributed by atoms with Crippen molar-refractivity contribution in [3.63, 3.8) is 0 Å². The van der Waals surface area contributed by atoms with E-state index in [4.69, 9.17) is 14.5 Å². The van der Waals surface area contributed by atoms with Crippen LogP contribution in [0.25, 0.3) is 11.5 Å². The number of aryl methyl sites for hydroxylation is 3. The van der Waals surface area contributed by atoms with Crippen LogP contribution in [-0.2, 0) is 11.3 Å². The van der Waals surface area contributed by atoms with Crippen LogP contribution in [0.2, 0.25) is 0 Å². The number of carbonyl (C=O) groups is 1. The average Bonchev–Trinajstić information content (AvgIpc) is 2.88. The first-order valence-corrected chi connectivity index (χ1v) is 8.43. The summed E-state index contributed by atoms with van der Waals surface area (Å²) in [7, 11) is 0. The lowest BCUT2D eigenvalue weighted by Crippen LogP contribution is -2.36. The SMILES string of the molecule is Cc1ccc(-c2nc(CN3CCC(C(=O)O)CC3)c(C)o2)c(C)c1. The highest BCUT2D eigenvalue weighted by Gasteiger charge is 2.25. The fourth-order valence-corrected chi connectivity index (χ4v) is 3.29. The maximum Gasteiger partial charge on any atom is 0.306 e. The Morgan fingerprint density at radius 1 is 1.29 bits per heavy atom. The Labute approximate surface area is 142 Å². The highest BCUT2D eigenvalue weighted by molar-refractivity contribution is 5.70. The zero-order valence-corrected chi connectivity index (χ0v) is 14.5. The summed E-state index contributed by atoms with van der Waals surface area (Å²) in [6, 6.07) is 6.25. The first-order valence-electron chi connectivity index (χ1n) is 8.43. The maximum atomic E-state index is 11.0. The van der Waals surface area contributed by atoms with E-state index in [-0.39, 0.29) is 5.92 Å². The Bertz CT molecular complexity index is 743. The third kappa shape index (κ3) is 3.51. The molecule has 5 heteroatoms. The van der Waals surface area contributed by atoms with E-state index in [9.17, 15) is 4.79 Å². The van der Waals surface area contributed by atoms with Crippen LogP contribution < -0.4 is 0 Å². The molecule has 0 unspecified atom stereocenters. The highest BCUT2D eigenvalue weighted by Crippen LogP contribution is 2.27. The molecular weight excluding hydrogens is 304 g/mol. The highest BCUT2D eigenvalue weighted by atomic mass is 16.4. The number of carboxylic acids is 1. The van der Waals surface area contributed by atoms with E-state index < -0.39 is 5.97 Å². The lowest BCUT2D eigenvalue weighted by Gasteiger charge is -2.29. The molecule has 1 aromatic heterocycles. The van der Waals surface area contributed by atoms with Crippen molar-refractivity contribution in [3.05, 3.63) is 40.8 Å². The molecule has 1 aromatic carbocycles. The average molecular weight is 328 g/mol. The van der Waals surface area contributed by atoms with Crippen LogP contribution in [0.3, 0.4) is 0 Å². The molecule has 128 valence electrons. The van der Waals surface area contributed by atoms with E-state index >= 15 is 0 Å². The third-order valence-electron chi connectivity index (χ3n) is 4.82. The van der Waals surface area contributed by atoms with Gasteiger partial charge in [0.25, 0.3) is 0 Å². The van der Waals surface area contributed by atoms with Crippen molar-refractivity contribution in [1.82, 2.24) is 9.88 Å². The Hall–Kier alpha value is -2.14. The van der Waals surface area contributed by atoms with Crippen LogP contribution in [0.1, 0.15) is 35.4 Å². The zero-order valence-electron chi connectivity index (χ0n) is 14.5. The van der Waals surface area contributed by atoms with Crippen molar-refractivity contribution < 1.29 is 14.3 Å². The van der Waals surface area contributed by atoms with Gasteiger partial charge in [-0.25, -0.2) is 4.98 Å². The second kappa shape index (κ2) is 6.77. The summed E-state index contributed by atoms with van der Waals surface area (Å²) >= 11 is 0. The number of carboxylic acid groups (broad SMARTS) is 1. The number of nitrogens with zero attached hydrogens (tertiary/aromatic N) is 2. The Morgan fingerprint density at radius 3 is 2.62 bits per heavy atom. The molecule has 0 bridgehead atoms. The smallest absolute Gasteiger partial charge is 0.306 e. The monoisotopic (exact) mass is 328 g/mol. The van der Waals surface area contributed by atoms with Gasteiger partial charge in [-0.3, -0.25) is 9.69 Å². The van der Waals surface area contributed by atoms with E-state index in [0.29, 0.717) is 25.3 Å². The molecule has 1 aliphatic rings. The lowest BCUT2D eigenvalue weighted by molar-refractivity contribution is -0.143. The predicted molar refractivity (Wildman–Crippen MR) is 91.8 cm³/mol. The van der Waals surface area contributed by atoms with Gasteiger partial charge >= 0.3 is 5.97 Å². The van der Waals surface area contributed by atoms with Crippen molar-refractivity contribution in [1.29, 1.82) is 0 Å². The molecule has 0 saturated carbocycles. The largest absolute Gasteiger partial charge is 0.481 e. The number of benzene rings is 1. The standard InChI is InChI=1S/C19H24N2O3/c1-12-4-5-16(13(2)10-12)18-20-17(14(3)24-18)11-21-8-6-15(7-9-21)19(22)23/h4-5,10,15H,6-9,11H2,1-3H3,(H,22,23). The Balaban J connectivity index is 1.72. The van der Waals surface area contributed by atoms with Gasteiger partial charge in [-0.1, -0.05) is 17.7 Å². The first-order chi connectivity index (χ1) is 11.4. The minimum atomic E-state index is -0.676. The fourth-order valence-electron chi connectivity index (χ4n) is 3.29. The number of aliphatic carboxylic acids is 1. The van der Waals surface area contributed by atoms with Crippen LogP contribution in [-0.4, -0.2) is 34.0 Å². The van der Waals surface area contributed by atoms with Crippen molar-refractivity contribution in [2.45, 2.75) is 40.2 Å². The number of aromatic nitrogens is 1. The molecule has 0 radical (unpaired) electrons. The van der Waals surface area contributed by atoms with Crippen molar-refractivity contribution in [2.24, 2.45) is 5.92 Å². The van der Waals surface area contributed by atoms with Gasteiger partial charge in [-0.15, -0.1) is 0 Å². The molecule has 1 saturated heterocycles. The van der Waals surface area contributed by atoms with Crippen molar-refractivity contribution in [3.8, 4) is 11.5 Å². The molecule has 2 heterocycles. The van der Waals surface area contributed by atoms with Gasteiger partial charge in [0.05, 0.1) is 11.6 Å². The normalized spacial score (nSPS) is 16.5. The predicted octanol–water partition coefficient (Wildman–Crippen LogP) is 3.56. The van der Waals surface area contributed by atoms with Gasteiger partial charge in [0.15, 0.2) is 0 Å². The first kappa shape index (κ1) is 16.7. The van der Waals surface area contributed by atoms with Crippen LogP contribution in [0, 0.1) is 26.7 Å². The van der Waals surface area contributed by atoms with Crippen LogP contribution in [0.5, 0.6) is 0 Å². The van der Waals surface area contributed by atoms with E-state index in [1.807, 2.05) is 6.92 Å². The van der Waals surface area contributed by atoms with Gasteiger partial charge in [-0.05, 0) is 58.3 Å². The van der Waals surface area contributed by atoms with Crippen molar-refractivity contribution in [2.75, 3.05) is 13.1 Å². The number of hydrogen-bond acceptors (Lipinski definition) is 4. The van der Waals surface area contributed by atoms with Crippen LogP contribution in [0.4, 0.5) is 0 Å². The summed E-state index contributed by atoms with van der Waals surface area (Å²) in [5.74, 6) is 0.626. The minimum Gasteiger partial charge on any atom is -0.481 e. The van der Waals surface area contributed by atoms with Crippen LogP contribution in [0.15, 0.2) is 22.6 Å². The molecule has 1 aliphatic heterocycles.